The van der Waals surface area contributed by atoms with Gasteiger partial charge in [0.25, 0.3) is 0 Å². The van der Waals surface area contributed by atoms with Gasteiger partial charge in [-0.2, -0.15) is 13.2 Å². The van der Waals surface area contributed by atoms with Gasteiger partial charge in [0, 0.05) is 39.6 Å². The fourth-order valence-corrected chi connectivity index (χ4v) is 3.75. The monoisotopic (exact) mass is 445 g/mol. The van der Waals surface area contributed by atoms with E-state index in [0.29, 0.717) is 18.4 Å². The molecule has 2 saturated heterocycles. The van der Waals surface area contributed by atoms with E-state index in [0.717, 1.165) is 26.2 Å². The molecule has 0 bridgehead atoms. The van der Waals surface area contributed by atoms with Crippen molar-refractivity contribution in [3.63, 3.8) is 0 Å². The van der Waals surface area contributed by atoms with Crippen LogP contribution in [0.1, 0.15) is 17.5 Å². The molecular formula is C21H30F3N3O4. The summed E-state index contributed by atoms with van der Waals surface area (Å²) in [5.74, 6) is -1.60. The highest BCUT2D eigenvalue weighted by atomic mass is 19.4. The molecule has 2 heterocycles. The second kappa shape index (κ2) is 10.8. The second-order valence-electron chi connectivity index (χ2n) is 8.19. The third-order valence-electron chi connectivity index (χ3n) is 5.52. The first-order valence-electron chi connectivity index (χ1n) is 10.1. The van der Waals surface area contributed by atoms with Gasteiger partial charge in [-0.15, -0.1) is 0 Å². The van der Waals surface area contributed by atoms with E-state index in [1.54, 1.807) is 19.0 Å². The van der Waals surface area contributed by atoms with Crippen molar-refractivity contribution in [1.82, 2.24) is 15.1 Å². The minimum absolute atomic E-state index is 0.0469. The van der Waals surface area contributed by atoms with E-state index in [2.05, 4.69) is 41.4 Å². The molecule has 7 nitrogen and oxygen atoms in total. The van der Waals surface area contributed by atoms with Crippen LogP contribution in [0.25, 0.3) is 0 Å². The number of rotatable bonds is 4. The highest BCUT2D eigenvalue weighted by Gasteiger charge is 2.41. The van der Waals surface area contributed by atoms with E-state index in [-0.39, 0.29) is 12.1 Å². The Kier molecular flexibility index (Phi) is 8.69. The van der Waals surface area contributed by atoms with Gasteiger partial charge in [0.1, 0.15) is 0 Å². The molecule has 0 aliphatic carbocycles. The molecule has 174 valence electrons. The van der Waals surface area contributed by atoms with Crippen molar-refractivity contribution in [1.29, 1.82) is 0 Å². The summed E-state index contributed by atoms with van der Waals surface area (Å²) >= 11 is 0. The maximum atomic E-state index is 11.7. The van der Waals surface area contributed by atoms with Crippen molar-refractivity contribution in [2.75, 3.05) is 40.3 Å². The highest BCUT2D eigenvalue weighted by molar-refractivity contribution is 5.73. The number of hydrogen-bond donors (Lipinski definition) is 2. The molecular weight excluding hydrogens is 415 g/mol. The summed E-state index contributed by atoms with van der Waals surface area (Å²) in [6.45, 7) is 6.76. The van der Waals surface area contributed by atoms with Crippen LogP contribution in [-0.2, 0) is 16.1 Å². The van der Waals surface area contributed by atoms with E-state index in [4.69, 9.17) is 14.6 Å². The number of piperidine rings is 1. The average molecular weight is 445 g/mol. The zero-order chi connectivity index (χ0) is 23.2. The number of alkyl halides is 3. The summed E-state index contributed by atoms with van der Waals surface area (Å²) in [4.78, 5) is 24.7. The summed E-state index contributed by atoms with van der Waals surface area (Å²) in [6.07, 6.45) is -3.76. The average Bonchev–Trinajstić information content (AvgIpc) is 3.10. The molecule has 3 rings (SSSR count). The largest absolute Gasteiger partial charge is 0.490 e. The molecule has 3 atom stereocenters. The van der Waals surface area contributed by atoms with Crippen LogP contribution in [0.15, 0.2) is 24.3 Å². The smallest absolute Gasteiger partial charge is 0.475 e. The summed E-state index contributed by atoms with van der Waals surface area (Å²) in [5, 5.41) is 10.1. The lowest BCUT2D eigenvalue weighted by molar-refractivity contribution is -0.192. The number of likely N-dealkylation sites (tertiary alicyclic amines) is 1. The first-order valence-corrected chi connectivity index (χ1v) is 10.1. The minimum Gasteiger partial charge on any atom is -0.475 e. The molecule has 2 fully saturated rings. The Morgan fingerprint density at radius 1 is 1.26 bits per heavy atom. The number of carboxylic acid groups (broad SMARTS) is 1. The fourth-order valence-electron chi connectivity index (χ4n) is 3.75. The molecule has 0 saturated carbocycles. The second-order valence-corrected chi connectivity index (χ2v) is 8.19. The van der Waals surface area contributed by atoms with E-state index in [9.17, 15) is 18.0 Å². The Bertz CT molecular complexity index is 740. The molecule has 0 radical (unpaired) electrons. The Labute approximate surface area is 180 Å². The lowest BCUT2D eigenvalue weighted by Gasteiger charge is -2.36. The molecule has 1 aromatic carbocycles. The number of carbonyl (C=O) groups excluding carboxylic acids is 1. The summed E-state index contributed by atoms with van der Waals surface area (Å²) < 4.78 is 37.7. The topological polar surface area (TPSA) is 82.1 Å². The third-order valence-corrected chi connectivity index (χ3v) is 5.52. The van der Waals surface area contributed by atoms with Crippen molar-refractivity contribution in [3.8, 4) is 0 Å². The van der Waals surface area contributed by atoms with Crippen molar-refractivity contribution < 1.29 is 32.6 Å². The maximum Gasteiger partial charge on any atom is 0.490 e. The van der Waals surface area contributed by atoms with Gasteiger partial charge < -0.3 is 20.1 Å². The number of aryl methyl sites for hydroxylation is 1. The molecule has 2 aliphatic rings. The molecule has 0 spiro atoms. The predicted molar refractivity (Wildman–Crippen MR) is 109 cm³/mol. The Morgan fingerprint density at radius 2 is 1.87 bits per heavy atom. The van der Waals surface area contributed by atoms with Gasteiger partial charge in [0.2, 0.25) is 0 Å². The first kappa shape index (κ1) is 24.9. The van der Waals surface area contributed by atoms with Crippen molar-refractivity contribution in [2.45, 2.75) is 32.2 Å². The van der Waals surface area contributed by atoms with E-state index in [1.165, 1.54) is 17.5 Å². The Hall–Kier alpha value is -2.33. The van der Waals surface area contributed by atoms with E-state index in [1.807, 2.05) is 0 Å². The zero-order valence-corrected chi connectivity index (χ0v) is 18.0. The van der Waals surface area contributed by atoms with Crippen LogP contribution in [0.3, 0.4) is 0 Å². The molecule has 2 aliphatic heterocycles. The van der Waals surface area contributed by atoms with Crippen LogP contribution in [0, 0.1) is 18.8 Å². The lowest BCUT2D eigenvalue weighted by atomic mass is 9.84. The van der Waals surface area contributed by atoms with Gasteiger partial charge in [-0.05, 0) is 31.4 Å². The Morgan fingerprint density at radius 3 is 2.42 bits per heavy atom. The number of aliphatic carboxylic acids is 1. The summed E-state index contributed by atoms with van der Waals surface area (Å²) in [5.41, 5.74) is 2.67. The molecule has 2 N–H and O–H groups in total. The van der Waals surface area contributed by atoms with Crippen molar-refractivity contribution in [2.24, 2.45) is 11.8 Å². The molecule has 10 heteroatoms. The summed E-state index contributed by atoms with van der Waals surface area (Å²) in [6, 6.07) is 8.76. The Balaban J connectivity index is 0.000000423. The number of nitrogens with zero attached hydrogens (tertiary/aromatic N) is 2. The number of carbonyl (C=O) groups is 2. The van der Waals surface area contributed by atoms with Crippen LogP contribution in [0.4, 0.5) is 18.0 Å². The van der Waals surface area contributed by atoms with Crippen LogP contribution in [0.5, 0.6) is 0 Å². The van der Waals surface area contributed by atoms with Crippen molar-refractivity contribution in [3.05, 3.63) is 35.4 Å². The molecule has 0 unspecified atom stereocenters. The van der Waals surface area contributed by atoms with Gasteiger partial charge in [-0.3, -0.25) is 4.90 Å². The van der Waals surface area contributed by atoms with Crippen LogP contribution >= 0.6 is 0 Å². The molecule has 1 aromatic rings. The zero-order valence-electron chi connectivity index (χ0n) is 18.0. The number of ether oxygens (including phenoxy) is 1. The molecule has 31 heavy (non-hydrogen) atoms. The van der Waals surface area contributed by atoms with Gasteiger partial charge in [0.15, 0.2) is 0 Å². The SMILES string of the molecule is Cc1ccc(CN2CC[C@H]3CO[C@H](CNC(=O)N(C)C)[C@H]3C2)cc1.O=C(O)C(F)(F)F. The number of urea groups is 1. The number of halogens is 3. The molecule has 2 amide bonds. The standard InChI is InChI=1S/C19H29N3O2.C2HF3O2/c1-14-4-6-15(7-5-14)11-22-9-8-16-13-24-18(17(16)12-22)10-20-19(23)21(2)3;3-2(4,5)1(6)7/h4-7,16-18H,8-13H2,1-3H3,(H,20,23);(H,6,7)/t16-,17-,18+;/m0./s1. The third kappa shape index (κ3) is 7.70. The number of carboxylic acids is 1. The number of benzene rings is 1. The maximum absolute atomic E-state index is 11.7. The minimum atomic E-state index is -5.08. The number of fused-ring (bicyclic) bond motifs is 1. The van der Waals surface area contributed by atoms with E-state index >= 15 is 0 Å². The summed E-state index contributed by atoms with van der Waals surface area (Å²) in [7, 11) is 3.52. The van der Waals surface area contributed by atoms with E-state index < -0.39 is 12.1 Å². The number of amides is 2. The van der Waals surface area contributed by atoms with Crippen LogP contribution < -0.4 is 5.32 Å². The fraction of sp³-hybridized carbons (Fsp3) is 0.619. The quantitative estimate of drug-likeness (QED) is 0.745. The van der Waals surface area contributed by atoms with Gasteiger partial charge >= 0.3 is 18.2 Å². The highest BCUT2D eigenvalue weighted by Crippen LogP contribution is 2.34. The van der Waals surface area contributed by atoms with Gasteiger partial charge in [-0.25, -0.2) is 9.59 Å². The lowest BCUT2D eigenvalue weighted by Crippen LogP contribution is -2.46. The van der Waals surface area contributed by atoms with Crippen molar-refractivity contribution >= 4 is 12.0 Å². The normalized spacial score (nSPS) is 23.4. The van der Waals surface area contributed by atoms with Gasteiger partial charge in [0.05, 0.1) is 12.7 Å². The number of nitrogens with one attached hydrogen (secondary N) is 1. The predicted octanol–water partition coefficient (Wildman–Crippen LogP) is 2.74. The first-order chi connectivity index (χ1) is 14.5. The molecule has 0 aromatic heterocycles. The van der Waals surface area contributed by atoms with Crippen LogP contribution in [-0.4, -0.2) is 79.5 Å². The van der Waals surface area contributed by atoms with Gasteiger partial charge in [-0.1, -0.05) is 29.8 Å². The number of hydrogen-bond acceptors (Lipinski definition) is 4. The van der Waals surface area contributed by atoms with Crippen LogP contribution in [0.2, 0.25) is 0 Å².